The summed E-state index contributed by atoms with van der Waals surface area (Å²) in [5.41, 5.74) is 6.34. The Balaban J connectivity index is 1.88. The summed E-state index contributed by atoms with van der Waals surface area (Å²) in [6.07, 6.45) is 2.21. The van der Waals surface area contributed by atoms with Gasteiger partial charge in [-0.1, -0.05) is 43.3 Å². The first-order chi connectivity index (χ1) is 12.6. The zero-order chi connectivity index (χ0) is 18.0. The van der Waals surface area contributed by atoms with E-state index in [0.29, 0.717) is 0 Å². The highest BCUT2D eigenvalue weighted by atomic mass is 15.1. The van der Waals surface area contributed by atoms with Crippen LogP contribution >= 0.6 is 0 Å². The molecule has 1 aliphatic rings. The van der Waals surface area contributed by atoms with Crippen LogP contribution in [0.3, 0.4) is 0 Å². The zero-order valence-electron chi connectivity index (χ0n) is 15.3. The van der Waals surface area contributed by atoms with E-state index in [1.54, 1.807) is 0 Å². The largest absolute Gasteiger partial charge is 0.350 e. The van der Waals surface area contributed by atoms with E-state index in [1.807, 2.05) is 0 Å². The van der Waals surface area contributed by atoms with E-state index in [1.165, 1.54) is 38.6 Å². The van der Waals surface area contributed by atoms with Crippen LogP contribution in [-0.2, 0) is 7.05 Å². The molecule has 3 nitrogen and oxygen atoms in total. The molecule has 5 rings (SSSR count). The number of rotatable bonds is 1. The molecule has 3 atom stereocenters. The summed E-state index contributed by atoms with van der Waals surface area (Å²) in [5, 5.41) is 12.6. The third kappa shape index (κ3) is 1.77. The van der Waals surface area contributed by atoms with E-state index in [2.05, 4.69) is 90.8 Å². The molecule has 128 valence electrons. The van der Waals surface area contributed by atoms with Crippen molar-refractivity contribution in [2.45, 2.75) is 25.8 Å². The summed E-state index contributed by atoms with van der Waals surface area (Å²) in [5.74, 6) is 0.162. The van der Waals surface area contributed by atoms with Crippen LogP contribution in [0, 0.1) is 24.2 Å². The number of para-hydroxylation sites is 2. The minimum atomic E-state index is -0.0564. The molecule has 0 unspecified atom stereocenters. The van der Waals surface area contributed by atoms with E-state index in [0.717, 1.165) is 0 Å². The summed E-state index contributed by atoms with van der Waals surface area (Å²) < 4.78 is 4.62. The molecule has 0 fully saturated rings. The van der Waals surface area contributed by atoms with Crippen LogP contribution in [0.4, 0.5) is 0 Å². The van der Waals surface area contributed by atoms with Gasteiger partial charge in [-0.05, 0) is 24.6 Å². The van der Waals surface area contributed by atoms with Crippen molar-refractivity contribution in [1.82, 2.24) is 9.13 Å². The fraction of sp³-hybridized carbons (Fsp3) is 0.261. The van der Waals surface area contributed by atoms with Crippen molar-refractivity contribution >= 4 is 21.8 Å². The summed E-state index contributed by atoms with van der Waals surface area (Å²) >= 11 is 0. The number of benzene rings is 2. The minimum absolute atomic E-state index is 0.0506. The molecule has 0 radical (unpaired) electrons. The number of nitrogens with zero attached hydrogens (tertiary/aromatic N) is 3. The van der Waals surface area contributed by atoms with Gasteiger partial charge in [-0.25, -0.2) is 0 Å². The summed E-state index contributed by atoms with van der Waals surface area (Å²) in [4.78, 5) is 0. The maximum absolute atomic E-state index is 10.0. The lowest BCUT2D eigenvalue weighted by Gasteiger charge is -2.19. The Morgan fingerprint density at radius 1 is 0.962 bits per heavy atom. The van der Waals surface area contributed by atoms with Gasteiger partial charge in [0, 0.05) is 52.2 Å². The topological polar surface area (TPSA) is 33.6 Å². The van der Waals surface area contributed by atoms with Crippen LogP contribution in [0.2, 0.25) is 0 Å². The van der Waals surface area contributed by atoms with Gasteiger partial charge in [0.15, 0.2) is 0 Å². The van der Waals surface area contributed by atoms with Crippen LogP contribution < -0.4 is 0 Å². The van der Waals surface area contributed by atoms with Crippen LogP contribution in [-0.4, -0.2) is 9.13 Å². The van der Waals surface area contributed by atoms with Gasteiger partial charge >= 0.3 is 0 Å². The van der Waals surface area contributed by atoms with Crippen molar-refractivity contribution in [3.05, 3.63) is 71.5 Å². The van der Waals surface area contributed by atoms with Crippen LogP contribution in [0.25, 0.3) is 21.8 Å². The first-order valence-electron chi connectivity index (χ1n) is 9.16. The van der Waals surface area contributed by atoms with Crippen molar-refractivity contribution < 1.29 is 0 Å². The second-order valence-corrected chi connectivity index (χ2v) is 7.50. The van der Waals surface area contributed by atoms with Gasteiger partial charge in [0.05, 0.1) is 18.0 Å². The Bertz CT molecular complexity index is 1200. The summed E-state index contributed by atoms with van der Waals surface area (Å²) in [7, 11) is 2.09. The zero-order valence-corrected chi connectivity index (χ0v) is 15.3. The lowest BCUT2D eigenvalue weighted by atomic mass is 9.86. The van der Waals surface area contributed by atoms with Crippen molar-refractivity contribution in [1.29, 1.82) is 5.26 Å². The molecular formula is C23H21N3. The van der Waals surface area contributed by atoms with Crippen molar-refractivity contribution in [3.8, 4) is 6.07 Å². The highest BCUT2D eigenvalue weighted by molar-refractivity contribution is 5.88. The standard InChI is InChI=1S/C23H21N3/c1-14-16-8-4-7-11-21(16)26-22(14)15(2)18(12-24)23(26)19-13-25(3)20-10-6-5-9-17(19)20/h4-11,13,15,18,23H,1-3H3/t15-,18-,23-/m0/s1. The fourth-order valence-electron chi connectivity index (χ4n) is 5.04. The molecular weight excluding hydrogens is 318 g/mol. The second kappa shape index (κ2) is 5.25. The average molecular weight is 339 g/mol. The number of fused-ring (bicyclic) bond motifs is 4. The quantitative estimate of drug-likeness (QED) is 0.464. The number of aromatic nitrogens is 2. The lowest BCUT2D eigenvalue weighted by Crippen LogP contribution is -2.14. The first-order valence-corrected chi connectivity index (χ1v) is 9.16. The van der Waals surface area contributed by atoms with Gasteiger partial charge in [0.2, 0.25) is 0 Å². The molecule has 0 saturated carbocycles. The Hall–Kier alpha value is -2.99. The highest BCUT2D eigenvalue weighted by Crippen LogP contribution is 2.50. The third-order valence-corrected chi connectivity index (χ3v) is 6.20. The number of hydrogen-bond donors (Lipinski definition) is 0. The molecule has 0 spiro atoms. The molecule has 26 heavy (non-hydrogen) atoms. The number of aryl methyl sites for hydroxylation is 2. The monoisotopic (exact) mass is 339 g/mol. The maximum Gasteiger partial charge on any atom is 0.0793 e. The average Bonchev–Trinajstić information content (AvgIpc) is 3.25. The molecule has 2 aromatic heterocycles. The van der Waals surface area contributed by atoms with Crippen molar-refractivity contribution in [2.24, 2.45) is 13.0 Å². The minimum Gasteiger partial charge on any atom is -0.350 e. The fourth-order valence-corrected chi connectivity index (χ4v) is 5.04. The lowest BCUT2D eigenvalue weighted by molar-refractivity contribution is 0.499. The molecule has 1 aliphatic heterocycles. The van der Waals surface area contributed by atoms with Gasteiger partial charge in [0.1, 0.15) is 0 Å². The molecule has 0 bridgehead atoms. The molecule has 0 aliphatic carbocycles. The molecule has 0 amide bonds. The van der Waals surface area contributed by atoms with Gasteiger partial charge < -0.3 is 9.13 Å². The molecule has 0 N–H and O–H groups in total. The van der Waals surface area contributed by atoms with E-state index < -0.39 is 0 Å². The second-order valence-electron chi connectivity index (χ2n) is 7.50. The third-order valence-electron chi connectivity index (χ3n) is 6.20. The van der Waals surface area contributed by atoms with Crippen LogP contribution in [0.5, 0.6) is 0 Å². The smallest absolute Gasteiger partial charge is 0.0793 e. The molecule has 3 heteroatoms. The van der Waals surface area contributed by atoms with Gasteiger partial charge in [-0.15, -0.1) is 0 Å². The Kier molecular flexibility index (Phi) is 3.09. The van der Waals surface area contributed by atoms with E-state index >= 15 is 0 Å². The van der Waals surface area contributed by atoms with Crippen LogP contribution in [0.1, 0.15) is 35.7 Å². The van der Waals surface area contributed by atoms with E-state index in [4.69, 9.17) is 0 Å². The first kappa shape index (κ1) is 15.3. The summed E-state index contributed by atoms with van der Waals surface area (Å²) in [6.45, 7) is 4.40. The van der Waals surface area contributed by atoms with Gasteiger partial charge in [0.25, 0.3) is 0 Å². The Morgan fingerprint density at radius 2 is 1.62 bits per heavy atom. The Morgan fingerprint density at radius 3 is 2.35 bits per heavy atom. The number of nitriles is 1. The van der Waals surface area contributed by atoms with Gasteiger partial charge in [-0.2, -0.15) is 5.26 Å². The normalized spacial score (nSPS) is 22.0. The van der Waals surface area contributed by atoms with Crippen LogP contribution in [0.15, 0.2) is 54.7 Å². The maximum atomic E-state index is 10.0. The van der Waals surface area contributed by atoms with Gasteiger partial charge in [-0.3, -0.25) is 0 Å². The predicted octanol–water partition coefficient (Wildman–Crippen LogP) is 5.29. The van der Waals surface area contributed by atoms with E-state index in [-0.39, 0.29) is 17.9 Å². The number of hydrogen-bond acceptors (Lipinski definition) is 1. The molecule has 4 aromatic rings. The predicted molar refractivity (Wildman–Crippen MR) is 105 cm³/mol. The molecule has 0 saturated heterocycles. The van der Waals surface area contributed by atoms with Crippen molar-refractivity contribution in [2.75, 3.05) is 0 Å². The SMILES string of the molecule is Cc1c2n(c3ccccc13)[C@H](c1cn(C)c3ccccc13)[C@@H](C#N)[C@@H]2C. The van der Waals surface area contributed by atoms with E-state index in [9.17, 15) is 5.26 Å². The highest BCUT2D eigenvalue weighted by Gasteiger charge is 2.42. The Labute approximate surface area is 153 Å². The molecule has 2 aromatic carbocycles. The summed E-state index contributed by atoms with van der Waals surface area (Å²) in [6, 6.07) is 19.8. The molecule has 3 heterocycles. The van der Waals surface area contributed by atoms with Crippen molar-refractivity contribution in [3.63, 3.8) is 0 Å².